The summed E-state index contributed by atoms with van der Waals surface area (Å²) in [5, 5.41) is 41.1. The standard InChI is InChI=1S/C26H35NO5/c1-5-6-7-8-19-16-22(30)24(21-15-18(4)9-10-20(21)17(2)3)25(31)23(19)26(32)27(11-13-28)12-14-29/h9-10,15-16,28-31H,2,5-8,11-14H2,1,3-4H3. The number of amides is 1. The van der Waals surface area contributed by atoms with Crippen molar-refractivity contribution in [3.05, 3.63) is 53.1 Å². The molecule has 0 saturated heterocycles. The highest BCUT2D eigenvalue weighted by molar-refractivity contribution is 6.02. The molecule has 0 aromatic heterocycles. The van der Waals surface area contributed by atoms with Crippen LogP contribution in [0, 0.1) is 6.92 Å². The van der Waals surface area contributed by atoms with Crippen LogP contribution in [-0.4, -0.2) is 57.5 Å². The fourth-order valence-electron chi connectivity index (χ4n) is 3.93. The third kappa shape index (κ3) is 5.69. The summed E-state index contributed by atoms with van der Waals surface area (Å²) in [5.41, 5.74) is 3.89. The van der Waals surface area contributed by atoms with Crippen molar-refractivity contribution in [1.29, 1.82) is 0 Å². The summed E-state index contributed by atoms with van der Waals surface area (Å²) in [4.78, 5) is 14.7. The van der Waals surface area contributed by atoms with E-state index in [0.717, 1.165) is 36.0 Å². The van der Waals surface area contributed by atoms with E-state index in [9.17, 15) is 25.2 Å². The number of hydrogen-bond donors (Lipinski definition) is 4. The number of phenolic OH excluding ortho intramolecular Hbond substituents is 2. The van der Waals surface area contributed by atoms with Crippen LogP contribution >= 0.6 is 0 Å². The van der Waals surface area contributed by atoms with Crippen molar-refractivity contribution in [3.63, 3.8) is 0 Å². The molecule has 0 atom stereocenters. The highest BCUT2D eigenvalue weighted by Crippen LogP contribution is 2.45. The molecule has 0 radical (unpaired) electrons. The van der Waals surface area contributed by atoms with Gasteiger partial charge in [0.25, 0.3) is 5.91 Å². The van der Waals surface area contributed by atoms with Crippen LogP contribution in [0.15, 0.2) is 30.8 Å². The molecule has 6 nitrogen and oxygen atoms in total. The molecule has 0 unspecified atom stereocenters. The van der Waals surface area contributed by atoms with Crippen LogP contribution < -0.4 is 0 Å². The molecule has 32 heavy (non-hydrogen) atoms. The van der Waals surface area contributed by atoms with Gasteiger partial charge in [0.15, 0.2) is 0 Å². The fraction of sp³-hybridized carbons (Fsp3) is 0.423. The lowest BCUT2D eigenvalue weighted by Crippen LogP contribution is -2.36. The summed E-state index contributed by atoms with van der Waals surface area (Å²) < 4.78 is 0. The van der Waals surface area contributed by atoms with Crippen molar-refractivity contribution >= 4 is 11.5 Å². The number of carbonyl (C=O) groups is 1. The topological polar surface area (TPSA) is 101 Å². The fourth-order valence-corrected chi connectivity index (χ4v) is 3.93. The number of unbranched alkanes of at least 4 members (excludes halogenated alkanes) is 2. The zero-order chi connectivity index (χ0) is 23.8. The molecule has 0 spiro atoms. The van der Waals surface area contributed by atoms with Crippen LogP contribution in [0.4, 0.5) is 0 Å². The second-order valence-corrected chi connectivity index (χ2v) is 8.18. The quantitative estimate of drug-likeness (QED) is 0.390. The van der Waals surface area contributed by atoms with Crippen molar-refractivity contribution in [1.82, 2.24) is 4.90 Å². The molecular formula is C26H35NO5. The molecule has 0 aliphatic carbocycles. The molecule has 0 saturated carbocycles. The largest absolute Gasteiger partial charge is 0.507 e. The van der Waals surface area contributed by atoms with E-state index in [0.29, 0.717) is 17.5 Å². The Bertz CT molecular complexity index is 961. The van der Waals surface area contributed by atoms with Crippen molar-refractivity contribution in [2.45, 2.75) is 46.5 Å². The van der Waals surface area contributed by atoms with E-state index in [4.69, 9.17) is 0 Å². The van der Waals surface area contributed by atoms with Gasteiger partial charge >= 0.3 is 0 Å². The van der Waals surface area contributed by atoms with Gasteiger partial charge in [-0.15, -0.1) is 0 Å². The van der Waals surface area contributed by atoms with Gasteiger partial charge in [-0.05, 0) is 49.4 Å². The molecule has 0 fully saturated rings. The van der Waals surface area contributed by atoms with E-state index in [1.54, 1.807) is 6.07 Å². The van der Waals surface area contributed by atoms with Gasteiger partial charge in [-0.25, -0.2) is 0 Å². The Morgan fingerprint density at radius 3 is 2.28 bits per heavy atom. The number of nitrogens with zero attached hydrogens (tertiary/aromatic N) is 1. The van der Waals surface area contributed by atoms with Gasteiger partial charge in [0, 0.05) is 13.1 Å². The Labute approximate surface area is 190 Å². The lowest BCUT2D eigenvalue weighted by atomic mass is 9.88. The zero-order valence-corrected chi connectivity index (χ0v) is 19.3. The number of hydrogen-bond acceptors (Lipinski definition) is 5. The van der Waals surface area contributed by atoms with Gasteiger partial charge in [0.2, 0.25) is 0 Å². The molecule has 0 aliphatic heterocycles. The number of rotatable bonds is 11. The monoisotopic (exact) mass is 441 g/mol. The summed E-state index contributed by atoms with van der Waals surface area (Å²) >= 11 is 0. The van der Waals surface area contributed by atoms with Gasteiger partial charge in [-0.1, -0.05) is 55.7 Å². The molecule has 0 heterocycles. The summed E-state index contributed by atoms with van der Waals surface area (Å²) in [7, 11) is 0. The summed E-state index contributed by atoms with van der Waals surface area (Å²) in [6, 6.07) is 7.21. The van der Waals surface area contributed by atoms with Crippen LogP contribution in [0.25, 0.3) is 16.7 Å². The second-order valence-electron chi connectivity index (χ2n) is 8.18. The van der Waals surface area contributed by atoms with E-state index in [2.05, 4.69) is 13.5 Å². The van der Waals surface area contributed by atoms with E-state index in [1.165, 1.54) is 4.90 Å². The summed E-state index contributed by atoms with van der Waals surface area (Å²) in [6.45, 7) is 9.38. The highest BCUT2D eigenvalue weighted by atomic mass is 16.3. The molecule has 0 aliphatic rings. The van der Waals surface area contributed by atoms with Gasteiger partial charge in [0.05, 0.1) is 24.3 Å². The maximum absolute atomic E-state index is 13.4. The number of aryl methyl sites for hydroxylation is 2. The Morgan fingerprint density at radius 2 is 1.72 bits per heavy atom. The van der Waals surface area contributed by atoms with E-state index >= 15 is 0 Å². The lowest BCUT2D eigenvalue weighted by molar-refractivity contribution is 0.0680. The third-order valence-corrected chi connectivity index (χ3v) is 5.56. The lowest BCUT2D eigenvalue weighted by Gasteiger charge is -2.24. The summed E-state index contributed by atoms with van der Waals surface area (Å²) in [6.07, 6.45) is 3.26. The van der Waals surface area contributed by atoms with Crippen molar-refractivity contribution in [2.75, 3.05) is 26.3 Å². The number of aliphatic hydroxyl groups is 2. The maximum atomic E-state index is 13.4. The minimum Gasteiger partial charge on any atom is -0.507 e. The minimum atomic E-state index is -0.483. The van der Waals surface area contributed by atoms with Gasteiger partial charge in [-0.3, -0.25) is 4.79 Å². The van der Waals surface area contributed by atoms with Crippen LogP contribution in [0.2, 0.25) is 0 Å². The van der Waals surface area contributed by atoms with Crippen molar-refractivity contribution in [3.8, 4) is 22.6 Å². The van der Waals surface area contributed by atoms with Crippen LogP contribution in [0.3, 0.4) is 0 Å². The molecule has 6 heteroatoms. The predicted molar refractivity (Wildman–Crippen MR) is 128 cm³/mol. The van der Waals surface area contributed by atoms with Gasteiger partial charge in [0.1, 0.15) is 11.5 Å². The Morgan fingerprint density at radius 1 is 1.06 bits per heavy atom. The van der Waals surface area contributed by atoms with Crippen LogP contribution in [0.1, 0.15) is 60.2 Å². The molecule has 4 N–H and O–H groups in total. The van der Waals surface area contributed by atoms with E-state index in [1.807, 2.05) is 32.0 Å². The van der Waals surface area contributed by atoms with Crippen molar-refractivity contribution in [2.24, 2.45) is 0 Å². The smallest absolute Gasteiger partial charge is 0.258 e. The first-order valence-corrected chi connectivity index (χ1v) is 11.1. The Kier molecular flexibility index (Phi) is 9.29. The average Bonchev–Trinajstić information content (AvgIpc) is 2.73. The first-order valence-electron chi connectivity index (χ1n) is 11.1. The number of aliphatic hydroxyl groups excluding tert-OH is 2. The van der Waals surface area contributed by atoms with Crippen LogP contribution in [-0.2, 0) is 6.42 Å². The number of phenols is 2. The first-order chi connectivity index (χ1) is 15.3. The zero-order valence-electron chi connectivity index (χ0n) is 19.3. The second kappa shape index (κ2) is 11.7. The molecule has 174 valence electrons. The van der Waals surface area contributed by atoms with E-state index < -0.39 is 5.91 Å². The molecule has 0 bridgehead atoms. The molecule has 2 rings (SSSR count). The minimum absolute atomic E-state index is 0.0326. The number of aromatic hydroxyl groups is 2. The molecule has 2 aromatic carbocycles. The average molecular weight is 442 g/mol. The number of allylic oxidation sites excluding steroid dienone is 1. The van der Waals surface area contributed by atoms with Gasteiger partial charge in [-0.2, -0.15) is 0 Å². The van der Waals surface area contributed by atoms with Crippen LogP contribution in [0.5, 0.6) is 11.5 Å². The Hall–Kier alpha value is -2.83. The summed E-state index contributed by atoms with van der Waals surface area (Å²) in [5.74, 6) is -0.882. The normalized spacial score (nSPS) is 10.9. The van der Waals surface area contributed by atoms with Gasteiger partial charge < -0.3 is 25.3 Å². The molecule has 1 amide bonds. The van der Waals surface area contributed by atoms with E-state index in [-0.39, 0.29) is 48.9 Å². The SMILES string of the molecule is C=C(C)c1ccc(C)cc1-c1c(O)cc(CCCCC)c(C(=O)N(CCO)CCO)c1O. The highest BCUT2D eigenvalue weighted by Gasteiger charge is 2.27. The third-order valence-electron chi connectivity index (χ3n) is 5.56. The van der Waals surface area contributed by atoms with Crippen molar-refractivity contribution < 1.29 is 25.2 Å². The predicted octanol–water partition coefficient (Wildman–Crippen LogP) is 4.27. The number of benzene rings is 2. The maximum Gasteiger partial charge on any atom is 0.258 e. The number of carbonyl (C=O) groups excluding carboxylic acids is 1. The Balaban J connectivity index is 2.77. The molecular weight excluding hydrogens is 406 g/mol. The molecule has 2 aromatic rings. The first kappa shape index (κ1) is 25.4.